The Kier molecular flexibility index (Phi) is 5.58. The first kappa shape index (κ1) is 19.9. The number of fused-ring (bicyclic) bond motifs is 5. The molecule has 0 radical (unpaired) electrons. The van der Waals surface area contributed by atoms with Gasteiger partial charge in [0.1, 0.15) is 5.82 Å². The molecule has 5 rings (SSSR count). The van der Waals surface area contributed by atoms with Crippen molar-refractivity contribution in [3.8, 4) is 0 Å². The Bertz CT molecular complexity index is 912. The summed E-state index contributed by atoms with van der Waals surface area (Å²) < 4.78 is 16.1. The van der Waals surface area contributed by atoms with Gasteiger partial charge in [0.25, 0.3) is 12.4 Å². The summed E-state index contributed by atoms with van der Waals surface area (Å²) in [5.74, 6) is -0.284. The fourth-order valence-corrected chi connectivity index (χ4v) is 5.54. The molecule has 6 nitrogen and oxygen atoms in total. The molecule has 0 spiro atoms. The van der Waals surface area contributed by atoms with Gasteiger partial charge in [-0.15, -0.1) is 0 Å². The second-order valence-electron chi connectivity index (χ2n) is 8.39. The number of carboxylic acid groups (broad SMARTS) is 1. The van der Waals surface area contributed by atoms with E-state index < -0.39 is 0 Å². The molecule has 2 saturated heterocycles. The number of piperidine rings is 2. The van der Waals surface area contributed by atoms with Crippen molar-refractivity contribution in [2.24, 2.45) is 0 Å². The number of aryl methyl sites for hydroxylation is 1. The number of hydrogen-bond donors (Lipinski definition) is 2. The fourth-order valence-electron chi connectivity index (χ4n) is 5.54. The minimum absolute atomic E-state index is 0.0103. The smallest absolute Gasteiger partial charge is 0.290 e. The van der Waals surface area contributed by atoms with E-state index >= 15 is 0 Å². The molecule has 3 atom stereocenters. The van der Waals surface area contributed by atoms with Crippen LogP contribution in [0.1, 0.15) is 54.6 Å². The molecule has 0 saturated carbocycles. The van der Waals surface area contributed by atoms with E-state index in [0.29, 0.717) is 17.6 Å². The van der Waals surface area contributed by atoms with E-state index in [2.05, 4.69) is 21.8 Å². The fraction of sp³-hybridized carbons (Fsp3) is 0.545. The maximum Gasteiger partial charge on any atom is 0.290 e. The van der Waals surface area contributed by atoms with Crippen molar-refractivity contribution >= 4 is 23.3 Å². The molecule has 156 valence electrons. The minimum Gasteiger partial charge on any atom is -0.483 e. The second kappa shape index (κ2) is 8.14. The molecular formula is C22H28FN3O3. The Balaban J connectivity index is 0.000000645. The summed E-state index contributed by atoms with van der Waals surface area (Å²) in [5, 5.41) is 11.0. The highest BCUT2D eigenvalue weighted by Gasteiger charge is 2.37. The van der Waals surface area contributed by atoms with Crippen LogP contribution in [0.5, 0.6) is 0 Å². The standard InChI is InChI=1S/C21H26FN3O.CH2O2/c1-24-15-4-2-5-16(24)12-14(11-15)23-21(26)20-17-10-13(22)7-8-18(17)25-9-3-6-19(20)25;2-1-3/h7-8,10,14-16H,2-6,9,11-12H2,1H3,(H,23,26);1H,(H,2,3)/t14?,15-,16+;. The van der Waals surface area contributed by atoms with E-state index in [9.17, 15) is 9.18 Å². The van der Waals surface area contributed by atoms with Crippen LogP contribution in [0, 0.1) is 5.82 Å². The van der Waals surface area contributed by atoms with Crippen LogP contribution in [-0.2, 0) is 17.8 Å². The number of aromatic nitrogens is 1. The van der Waals surface area contributed by atoms with E-state index in [0.717, 1.165) is 48.8 Å². The molecular weight excluding hydrogens is 373 g/mol. The maximum atomic E-state index is 13.9. The van der Waals surface area contributed by atoms with Gasteiger partial charge in [-0.1, -0.05) is 6.42 Å². The average molecular weight is 401 g/mol. The summed E-state index contributed by atoms with van der Waals surface area (Å²) in [7, 11) is 2.23. The molecule has 2 fully saturated rings. The Labute approximate surface area is 169 Å². The highest BCUT2D eigenvalue weighted by Crippen LogP contribution is 2.34. The van der Waals surface area contributed by atoms with Crippen molar-refractivity contribution in [2.45, 2.75) is 69.6 Å². The Morgan fingerprint density at radius 3 is 2.62 bits per heavy atom. The van der Waals surface area contributed by atoms with Crippen LogP contribution in [0.25, 0.3) is 10.9 Å². The molecule has 1 aromatic heterocycles. The number of nitrogens with zero attached hydrogens (tertiary/aromatic N) is 2. The van der Waals surface area contributed by atoms with Crippen molar-refractivity contribution < 1.29 is 19.1 Å². The van der Waals surface area contributed by atoms with Gasteiger partial charge < -0.3 is 19.9 Å². The summed E-state index contributed by atoms with van der Waals surface area (Å²) in [4.78, 5) is 24.1. The predicted molar refractivity (Wildman–Crippen MR) is 109 cm³/mol. The Morgan fingerprint density at radius 1 is 1.24 bits per heavy atom. The Hall–Kier alpha value is -2.41. The third-order valence-electron chi connectivity index (χ3n) is 6.83. The molecule has 0 aliphatic carbocycles. The van der Waals surface area contributed by atoms with Gasteiger partial charge in [-0.2, -0.15) is 0 Å². The number of hydrogen-bond acceptors (Lipinski definition) is 3. The van der Waals surface area contributed by atoms with Gasteiger partial charge in [0, 0.05) is 41.3 Å². The van der Waals surface area contributed by atoms with Gasteiger partial charge in [-0.05, 0) is 63.8 Å². The summed E-state index contributed by atoms with van der Waals surface area (Å²) in [6.07, 6.45) is 7.78. The van der Waals surface area contributed by atoms with Crippen molar-refractivity contribution in [1.29, 1.82) is 0 Å². The lowest BCUT2D eigenvalue weighted by Crippen LogP contribution is -2.55. The summed E-state index contributed by atoms with van der Waals surface area (Å²) >= 11 is 0. The van der Waals surface area contributed by atoms with E-state index in [1.165, 1.54) is 31.4 Å². The Morgan fingerprint density at radius 2 is 1.93 bits per heavy atom. The van der Waals surface area contributed by atoms with Crippen LogP contribution in [0.3, 0.4) is 0 Å². The van der Waals surface area contributed by atoms with Crippen LogP contribution in [-0.4, -0.2) is 52.1 Å². The third kappa shape index (κ3) is 3.64. The molecule has 7 heteroatoms. The highest BCUT2D eigenvalue weighted by atomic mass is 19.1. The molecule has 3 aliphatic heterocycles. The predicted octanol–water partition coefficient (Wildman–Crippen LogP) is 3.17. The van der Waals surface area contributed by atoms with Crippen molar-refractivity contribution in [3.63, 3.8) is 0 Å². The van der Waals surface area contributed by atoms with Gasteiger partial charge >= 0.3 is 0 Å². The molecule has 3 aliphatic rings. The van der Waals surface area contributed by atoms with Crippen LogP contribution in [0.2, 0.25) is 0 Å². The number of halogens is 1. The van der Waals surface area contributed by atoms with E-state index in [1.54, 1.807) is 0 Å². The minimum atomic E-state index is -0.273. The van der Waals surface area contributed by atoms with Crippen LogP contribution >= 0.6 is 0 Å². The number of rotatable bonds is 2. The third-order valence-corrected chi connectivity index (χ3v) is 6.83. The summed E-state index contributed by atoms with van der Waals surface area (Å²) in [5.41, 5.74) is 2.78. The number of benzene rings is 1. The molecule has 2 bridgehead atoms. The van der Waals surface area contributed by atoms with Gasteiger partial charge in [-0.25, -0.2) is 4.39 Å². The number of nitrogens with one attached hydrogen (secondary N) is 1. The van der Waals surface area contributed by atoms with E-state index in [1.807, 2.05) is 6.07 Å². The number of amides is 1. The molecule has 2 aromatic rings. The molecule has 1 amide bonds. The van der Waals surface area contributed by atoms with Crippen LogP contribution in [0.4, 0.5) is 4.39 Å². The van der Waals surface area contributed by atoms with Crippen molar-refractivity contribution in [1.82, 2.24) is 14.8 Å². The first-order valence-corrected chi connectivity index (χ1v) is 10.4. The quantitative estimate of drug-likeness (QED) is 0.758. The average Bonchev–Trinajstić information content (AvgIpc) is 3.23. The first-order chi connectivity index (χ1) is 14.0. The van der Waals surface area contributed by atoms with Gasteiger partial charge in [0.2, 0.25) is 0 Å². The topological polar surface area (TPSA) is 74.6 Å². The van der Waals surface area contributed by atoms with Gasteiger partial charge in [0.05, 0.1) is 5.56 Å². The lowest BCUT2D eigenvalue weighted by molar-refractivity contribution is -0.122. The van der Waals surface area contributed by atoms with Crippen LogP contribution < -0.4 is 5.32 Å². The van der Waals surface area contributed by atoms with Crippen molar-refractivity contribution in [2.75, 3.05) is 7.05 Å². The zero-order chi connectivity index (χ0) is 20.5. The second-order valence-corrected chi connectivity index (χ2v) is 8.39. The largest absolute Gasteiger partial charge is 0.483 e. The highest BCUT2D eigenvalue weighted by molar-refractivity contribution is 6.08. The van der Waals surface area contributed by atoms with Crippen molar-refractivity contribution in [3.05, 3.63) is 35.3 Å². The molecule has 4 heterocycles. The van der Waals surface area contributed by atoms with Gasteiger partial charge in [-0.3, -0.25) is 9.59 Å². The summed E-state index contributed by atoms with van der Waals surface area (Å²) in [6.45, 7) is 0.670. The SMILES string of the molecule is CN1[C@@H]2CCC[C@H]1CC(NC(=O)c1c3n(c4ccc(F)cc14)CCC3)C2.O=CO. The normalized spacial score (nSPS) is 25.8. The summed E-state index contributed by atoms with van der Waals surface area (Å²) in [6, 6.07) is 6.24. The molecule has 1 aromatic carbocycles. The van der Waals surface area contributed by atoms with Crippen LogP contribution in [0.15, 0.2) is 18.2 Å². The monoisotopic (exact) mass is 401 g/mol. The zero-order valence-corrected chi connectivity index (χ0v) is 16.7. The first-order valence-electron chi connectivity index (χ1n) is 10.4. The zero-order valence-electron chi connectivity index (χ0n) is 16.7. The van der Waals surface area contributed by atoms with E-state index in [-0.39, 0.29) is 24.2 Å². The lowest BCUT2D eigenvalue weighted by atomic mass is 9.82. The van der Waals surface area contributed by atoms with E-state index in [4.69, 9.17) is 9.90 Å². The molecule has 29 heavy (non-hydrogen) atoms. The lowest BCUT2D eigenvalue weighted by Gasteiger charge is -2.47. The maximum absolute atomic E-state index is 13.9. The number of carbonyl (C=O) groups is 2. The number of carbonyl (C=O) groups excluding carboxylic acids is 1. The molecule has 1 unspecified atom stereocenters. The molecule has 2 N–H and O–H groups in total. The van der Waals surface area contributed by atoms with Gasteiger partial charge in [0.15, 0.2) is 0 Å².